The van der Waals surface area contributed by atoms with Crippen LogP contribution in [0.25, 0.3) is 0 Å². The van der Waals surface area contributed by atoms with Gasteiger partial charge in [0, 0.05) is 0 Å². The maximum Gasteiger partial charge on any atom is 0.371 e. The number of carbonyl (C=O) groups is 4. The van der Waals surface area contributed by atoms with Gasteiger partial charge in [-0.2, -0.15) is 0 Å². The van der Waals surface area contributed by atoms with E-state index in [0.29, 0.717) is 0 Å². The molecular formula is C30H18Cl4O9. The molecule has 0 unspecified atom stereocenters. The van der Waals surface area contributed by atoms with E-state index in [-0.39, 0.29) is 42.3 Å². The summed E-state index contributed by atoms with van der Waals surface area (Å²) in [7, 11) is 0. The molecular weight excluding hydrogens is 646 g/mol. The van der Waals surface area contributed by atoms with Crippen molar-refractivity contribution in [1.82, 2.24) is 0 Å². The van der Waals surface area contributed by atoms with Crippen LogP contribution in [0, 0.1) is 0 Å². The molecule has 0 aliphatic rings. The van der Waals surface area contributed by atoms with Crippen LogP contribution in [-0.4, -0.2) is 36.8 Å². The molecule has 13 heteroatoms. The number of halogens is 4. The van der Waals surface area contributed by atoms with E-state index in [2.05, 4.69) is 0 Å². The Morgan fingerprint density at radius 2 is 0.605 bits per heavy atom. The fraction of sp³-hybridized carbons (Fsp3) is 0.0667. The van der Waals surface area contributed by atoms with Crippen LogP contribution in [0.5, 0.6) is 0 Å². The molecule has 0 aliphatic heterocycles. The second-order valence-corrected chi connectivity index (χ2v) is 9.88. The van der Waals surface area contributed by atoms with E-state index in [0.717, 1.165) is 0 Å². The molecule has 0 spiro atoms. The van der Waals surface area contributed by atoms with Crippen LogP contribution in [0.3, 0.4) is 0 Å². The minimum absolute atomic E-state index is 0.00975. The van der Waals surface area contributed by atoms with E-state index in [4.69, 9.17) is 70.1 Å². The Labute approximate surface area is 264 Å². The van der Waals surface area contributed by atoms with Gasteiger partial charge in [0.1, 0.15) is 0 Å². The van der Waals surface area contributed by atoms with Gasteiger partial charge in [0.2, 0.25) is 0 Å². The van der Waals surface area contributed by atoms with Crippen LogP contribution in [0.2, 0.25) is 20.1 Å². The standard InChI is InChI=1S/C30H18Cl4O9/c31-21-13-5-1-9-17(21)25(35)39-29(40-26(36)18-10-2-6-14-22(18)32)43-30(41-27(37)19-11-3-7-15-23(19)33)42-28(38)20-12-4-8-16-24(20)34/h1-16,29-30H. The zero-order valence-electron chi connectivity index (χ0n) is 21.6. The predicted octanol–water partition coefficient (Wildman–Crippen LogP) is 7.61. The van der Waals surface area contributed by atoms with E-state index in [1.165, 1.54) is 72.8 Å². The van der Waals surface area contributed by atoms with Gasteiger partial charge < -0.3 is 18.9 Å². The quantitative estimate of drug-likeness (QED) is 0.125. The van der Waals surface area contributed by atoms with Gasteiger partial charge in [-0.15, -0.1) is 0 Å². The fourth-order valence-corrected chi connectivity index (χ4v) is 4.21. The molecule has 4 aromatic carbocycles. The summed E-state index contributed by atoms with van der Waals surface area (Å²) in [4.78, 5) is 51.9. The third kappa shape index (κ3) is 8.47. The maximum atomic E-state index is 13.0. The summed E-state index contributed by atoms with van der Waals surface area (Å²) in [5.74, 6) is -4.40. The highest BCUT2D eigenvalue weighted by Gasteiger charge is 2.32. The molecule has 220 valence electrons. The first-order chi connectivity index (χ1) is 20.6. The Hall–Kier alpha value is -4.12. The molecule has 0 atom stereocenters. The number of esters is 4. The highest BCUT2D eigenvalue weighted by Crippen LogP contribution is 2.23. The highest BCUT2D eigenvalue weighted by atomic mass is 35.5. The molecule has 0 radical (unpaired) electrons. The first-order valence-corrected chi connectivity index (χ1v) is 13.6. The molecule has 0 heterocycles. The lowest BCUT2D eigenvalue weighted by Crippen LogP contribution is -2.36. The lowest BCUT2D eigenvalue weighted by atomic mass is 10.2. The summed E-state index contributed by atoms with van der Waals surface area (Å²) >= 11 is 24.4. The predicted molar refractivity (Wildman–Crippen MR) is 156 cm³/mol. The second-order valence-electron chi connectivity index (χ2n) is 8.25. The average Bonchev–Trinajstić information content (AvgIpc) is 2.97. The number of rotatable bonds is 10. The van der Waals surface area contributed by atoms with Gasteiger partial charge in [-0.05, 0) is 48.5 Å². The van der Waals surface area contributed by atoms with Gasteiger partial charge in [-0.3, -0.25) is 0 Å². The molecule has 0 N–H and O–H groups in total. The summed E-state index contributed by atoms with van der Waals surface area (Å²) in [6.45, 7) is -4.54. The Morgan fingerprint density at radius 1 is 0.395 bits per heavy atom. The van der Waals surface area contributed by atoms with Crippen LogP contribution in [-0.2, 0) is 23.7 Å². The van der Waals surface area contributed by atoms with Crippen molar-refractivity contribution in [3.05, 3.63) is 139 Å². The highest BCUT2D eigenvalue weighted by molar-refractivity contribution is 6.34. The number of ether oxygens (including phenoxy) is 5. The summed E-state index contributed by atoms with van der Waals surface area (Å²) in [5.41, 5.74) is -0.484. The third-order valence-electron chi connectivity index (χ3n) is 5.41. The number of hydrogen-bond acceptors (Lipinski definition) is 9. The number of benzene rings is 4. The molecule has 0 bridgehead atoms. The lowest BCUT2D eigenvalue weighted by molar-refractivity contribution is -0.343. The van der Waals surface area contributed by atoms with Gasteiger partial charge in [0.15, 0.2) is 0 Å². The molecule has 0 fully saturated rings. The van der Waals surface area contributed by atoms with Gasteiger partial charge in [-0.25, -0.2) is 23.9 Å². The Kier molecular flexibility index (Phi) is 11.0. The van der Waals surface area contributed by atoms with Gasteiger partial charge >= 0.3 is 36.8 Å². The first kappa shape index (κ1) is 31.8. The molecule has 4 rings (SSSR count). The van der Waals surface area contributed by atoms with E-state index < -0.39 is 36.8 Å². The molecule has 0 aliphatic carbocycles. The minimum Gasteiger partial charge on any atom is -0.396 e. The van der Waals surface area contributed by atoms with Crippen molar-refractivity contribution in [1.29, 1.82) is 0 Å². The van der Waals surface area contributed by atoms with Crippen LogP contribution >= 0.6 is 46.4 Å². The summed E-state index contributed by atoms with van der Waals surface area (Å²) in [5, 5.41) is 0.0390. The monoisotopic (exact) mass is 662 g/mol. The second kappa shape index (κ2) is 14.9. The van der Waals surface area contributed by atoms with E-state index in [9.17, 15) is 19.2 Å². The average molecular weight is 664 g/mol. The van der Waals surface area contributed by atoms with Crippen molar-refractivity contribution < 1.29 is 42.9 Å². The van der Waals surface area contributed by atoms with Crippen molar-refractivity contribution in [2.75, 3.05) is 0 Å². The largest absolute Gasteiger partial charge is 0.396 e. The lowest BCUT2D eigenvalue weighted by Gasteiger charge is -2.24. The molecule has 0 aromatic heterocycles. The van der Waals surface area contributed by atoms with Gasteiger partial charge in [0.05, 0.1) is 42.3 Å². The van der Waals surface area contributed by atoms with Crippen molar-refractivity contribution in [2.45, 2.75) is 13.0 Å². The van der Waals surface area contributed by atoms with Gasteiger partial charge in [0.25, 0.3) is 0 Å². The van der Waals surface area contributed by atoms with Crippen LogP contribution < -0.4 is 0 Å². The van der Waals surface area contributed by atoms with E-state index in [1.54, 1.807) is 24.3 Å². The van der Waals surface area contributed by atoms with Crippen molar-refractivity contribution in [3.63, 3.8) is 0 Å². The van der Waals surface area contributed by atoms with Crippen LogP contribution in [0.1, 0.15) is 41.4 Å². The van der Waals surface area contributed by atoms with Crippen LogP contribution in [0.15, 0.2) is 97.1 Å². The Balaban J connectivity index is 1.65. The fourth-order valence-electron chi connectivity index (χ4n) is 3.36. The number of carbonyl (C=O) groups excluding carboxylic acids is 4. The first-order valence-electron chi connectivity index (χ1n) is 12.1. The van der Waals surface area contributed by atoms with Crippen molar-refractivity contribution >= 4 is 70.3 Å². The van der Waals surface area contributed by atoms with Crippen molar-refractivity contribution in [2.24, 2.45) is 0 Å². The third-order valence-corrected chi connectivity index (χ3v) is 6.73. The summed E-state index contributed by atoms with van der Waals surface area (Å²) in [6.07, 6.45) is 0. The molecule has 4 aromatic rings. The Morgan fingerprint density at radius 3 is 0.814 bits per heavy atom. The van der Waals surface area contributed by atoms with Crippen LogP contribution in [0.4, 0.5) is 0 Å². The minimum atomic E-state index is -2.27. The van der Waals surface area contributed by atoms with Gasteiger partial charge in [-0.1, -0.05) is 94.9 Å². The molecule has 43 heavy (non-hydrogen) atoms. The Bertz CT molecular complexity index is 1420. The zero-order valence-corrected chi connectivity index (χ0v) is 24.6. The zero-order chi connectivity index (χ0) is 30.9. The molecule has 0 amide bonds. The molecule has 0 saturated heterocycles. The van der Waals surface area contributed by atoms with E-state index >= 15 is 0 Å². The molecule has 0 saturated carbocycles. The van der Waals surface area contributed by atoms with Crippen molar-refractivity contribution in [3.8, 4) is 0 Å². The number of hydrogen-bond donors (Lipinski definition) is 0. The summed E-state index contributed by atoms with van der Waals surface area (Å²) in [6, 6.07) is 23.3. The molecule has 9 nitrogen and oxygen atoms in total. The normalized spacial score (nSPS) is 10.7. The topological polar surface area (TPSA) is 114 Å². The maximum absolute atomic E-state index is 13.0. The SMILES string of the molecule is O=C(OC(OC(=O)c1ccccc1Cl)OC(OC(=O)c1ccccc1Cl)OC(=O)c1ccccc1Cl)c1ccccc1Cl. The smallest absolute Gasteiger partial charge is 0.371 e. The van der Waals surface area contributed by atoms with E-state index in [1.807, 2.05) is 0 Å². The summed E-state index contributed by atoms with van der Waals surface area (Å²) < 4.78 is 26.4.